The average Bonchev–Trinajstić information content (AvgIpc) is 3.04. The van der Waals surface area contributed by atoms with E-state index in [1.807, 2.05) is 6.92 Å². The molecule has 0 bridgehead atoms. The summed E-state index contributed by atoms with van der Waals surface area (Å²) in [7, 11) is 0. The molecule has 0 amide bonds. The Labute approximate surface area is 128 Å². The SMILES string of the molecule is Cc1cc2c(NCCc3nc(C(=O)O)cs3)ncnc2s1. The molecule has 0 unspecified atom stereocenters. The molecule has 0 aromatic carbocycles. The predicted molar refractivity (Wildman–Crippen MR) is 83.4 cm³/mol. The molecule has 3 heterocycles. The fourth-order valence-electron chi connectivity index (χ4n) is 1.93. The Balaban J connectivity index is 1.67. The Kier molecular flexibility index (Phi) is 3.80. The van der Waals surface area contributed by atoms with Gasteiger partial charge in [0.25, 0.3) is 0 Å². The van der Waals surface area contributed by atoms with Crippen LogP contribution in [0.3, 0.4) is 0 Å². The van der Waals surface area contributed by atoms with Crippen molar-refractivity contribution in [2.75, 3.05) is 11.9 Å². The summed E-state index contributed by atoms with van der Waals surface area (Å²) < 4.78 is 0. The van der Waals surface area contributed by atoms with Gasteiger partial charge in [0.1, 0.15) is 17.0 Å². The highest BCUT2D eigenvalue weighted by Gasteiger charge is 2.09. The minimum atomic E-state index is -0.989. The van der Waals surface area contributed by atoms with Crippen molar-refractivity contribution in [2.45, 2.75) is 13.3 Å². The monoisotopic (exact) mass is 320 g/mol. The molecule has 0 spiro atoms. The van der Waals surface area contributed by atoms with Crippen LogP contribution >= 0.6 is 22.7 Å². The number of carbonyl (C=O) groups is 1. The van der Waals surface area contributed by atoms with Gasteiger partial charge in [-0.05, 0) is 13.0 Å². The molecule has 0 atom stereocenters. The van der Waals surface area contributed by atoms with Crippen LogP contribution in [0.25, 0.3) is 10.2 Å². The third-order valence-corrected chi connectivity index (χ3v) is 4.72. The molecule has 3 aromatic heterocycles. The molecule has 108 valence electrons. The molecule has 0 aliphatic heterocycles. The molecule has 6 nitrogen and oxygen atoms in total. The summed E-state index contributed by atoms with van der Waals surface area (Å²) >= 11 is 2.99. The summed E-state index contributed by atoms with van der Waals surface area (Å²) in [4.78, 5) is 25.5. The normalized spacial score (nSPS) is 10.9. The van der Waals surface area contributed by atoms with Crippen LogP contribution in [0.4, 0.5) is 5.82 Å². The van der Waals surface area contributed by atoms with Crippen molar-refractivity contribution >= 4 is 44.7 Å². The summed E-state index contributed by atoms with van der Waals surface area (Å²) in [5, 5.41) is 15.5. The van der Waals surface area contributed by atoms with Gasteiger partial charge >= 0.3 is 5.97 Å². The molecule has 3 aromatic rings. The van der Waals surface area contributed by atoms with Crippen LogP contribution in [0.2, 0.25) is 0 Å². The molecular formula is C13H12N4O2S2. The second kappa shape index (κ2) is 5.74. The Morgan fingerprint density at radius 3 is 3.05 bits per heavy atom. The summed E-state index contributed by atoms with van der Waals surface area (Å²) in [6, 6.07) is 2.06. The number of fused-ring (bicyclic) bond motifs is 1. The number of aromatic nitrogens is 3. The molecule has 0 aliphatic carbocycles. The first-order valence-electron chi connectivity index (χ1n) is 6.26. The van der Waals surface area contributed by atoms with E-state index in [-0.39, 0.29) is 5.69 Å². The molecular weight excluding hydrogens is 308 g/mol. The molecule has 0 saturated heterocycles. The fourth-order valence-corrected chi connectivity index (χ4v) is 3.55. The number of aryl methyl sites for hydroxylation is 1. The lowest BCUT2D eigenvalue weighted by atomic mass is 10.3. The minimum absolute atomic E-state index is 0.105. The zero-order valence-electron chi connectivity index (χ0n) is 11.2. The highest BCUT2D eigenvalue weighted by atomic mass is 32.1. The summed E-state index contributed by atoms with van der Waals surface area (Å²) in [5.41, 5.74) is 0.105. The number of anilines is 1. The summed E-state index contributed by atoms with van der Waals surface area (Å²) in [5.74, 6) is -0.184. The van der Waals surface area contributed by atoms with Gasteiger partial charge in [0.2, 0.25) is 0 Å². The van der Waals surface area contributed by atoms with Gasteiger partial charge in [-0.25, -0.2) is 19.7 Å². The molecule has 0 saturated carbocycles. The number of nitrogens with zero attached hydrogens (tertiary/aromatic N) is 3. The number of hydrogen-bond acceptors (Lipinski definition) is 7. The van der Waals surface area contributed by atoms with Crippen molar-refractivity contribution in [3.63, 3.8) is 0 Å². The predicted octanol–water partition coefficient (Wildman–Crippen LogP) is 2.81. The van der Waals surface area contributed by atoms with Crippen LogP contribution in [-0.4, -0.2) is 32.6 Å². The third-order valence-electron chi connectivity index (χ3n) is 2.85. The van der Waals surface area contributed by atoms with Crippen LogP contribution in [0.15, 0.2) is 17.8 Å². The lowest BCUT2D eigenvalue weighted by Crippen LogP contribution is -2.07. The number of carboxylic acids is 1. The number of thiazole rings is 1. The van der Waals surface area contributed by atoms with Gasteiger partial charge in [-0.2, -0.15) is 0 Å². The van der Waals surface area contributed by atoms with Crippen molar-refractivity contribution in [3.8, 4) is 0 Å². The molecule has 3 rings (SSSR count). The van der Waals surface area contributed by atoms with E-state index in [0.717, 1.165) is 21.0 Å². The van der Waals surface area contributed by atoms with Crippen LogP contribution in [0.5, 0.6) is 0 Å². The number of hydrogen-bond donors (Lipinski definition) is 2. The maximum atomic E-state index is 10.8. The zero-order valence-corrected chi connectivity index (χ0v) is 12.8. The lowest BCUT2D eigenvalue weighted by molar-refractivity contribution is 0.0691. The van der Waals surface area contributed by atoms with Gasteiger partial charge in [0.05, 0.1) is 10.4 Å². The van der Waals surface area contributed by atoms with E-state index in [2.05, 4.69) is 26.3 Å². The third kappa shape index (κ3) is 3.01. The first-order valence-corrected chi connectivity index (χ1v) is 7.96. The highest BCUT2D eigenvalue weighted by molar-refractivity contribution is 7.18. The van der Waals surface area contributed by atoms with E-state index >= 15 is 0 Å². The maximum Gasteiger partial charge on any atom is 0.355 e. The quantitative estimate of drug-likeness (QED) is 0.751. The van der Waals surface area contributed by atoms with E-state index in [1.54, 1.807) is 23.0 Å². The van der Waals surface area contributed by atoms with Crippen molar-refractivity contribution in [2.24, 2.45) is 0 Å². The largest absolute Gasteiger partial charge is 0.476 e. The number of rotatable bonds is 5. The molecule has 2 N–H and O–H groups in total. The smallest absolute Gasteiger partial charge is 0.355 e. The minimum Gasteiger partial charge on any atom is -0.476 e. The zero-order chi connectivity index (χ0) is 14.8. The maximum absolute atomic E-state index is 10.8. The Morgan fingerprint density at radius 2 is 2.29 bits per heavy atom. The van der Waals surface area contributed by atoms with Gasteiger partial charge in [-0.3, -0.25) is 0 Å². The molecule has 0 aliphatic rings. The van der Waals surface area contributed by atoms with Gasteiger partial charge in [0, 0.05) is 23.2 Å². The number of carboxylic acid groups (broad SMARTS) is 1. The Morgan fingerprint density at radius 1 is 1.43 bits per heavy atom. The standard InChI is InChI=1S/C13H12N4O2S2/c1-7-4-8-11(15-6-16-12(8)21-7)14-3-2-10-17-9(5-20-10)13(18)19/h4-6H,2-3H2,1H3,(H,18,19)(H,14,15,16). The second-order valence-electron chi connectivity index (χ2n) is 4.41. The van der Waals surface area contributed by atoms with Crippen molar-refractivity contribution in [1.82, 2.24) is 15.0 Å². The van der Waals surface area contributed by atoms with E-state index in [0.29, 0.717) is 13.0 Å². The van der Waals surface area contributed by atoms with E-state index in [9.17, 15) is 4.79 Å². The van der Waals surface area contributed by atoms with Gasteiger partial charge in [-0.15, -0.1) is 22.7 Å². The molecule has 0 fully saturated rings. The summed E-state index contributed by atoms with van der Waals surface area (Å²) in [6.45, 7) is 2.69. The van der Waals surface area contributed by atoms with Gasteiger partial charge < -0.3 is 10.4 Å². The van der Waals surface area contributed by atoms with Gasteiger partial charge in [0.15, 0.2) is 5.69 Å². The molecule has 0 radical (unpaired) electrons. The lowest BCUT2D eigenvalue weighted by Gasteiger charge is -2.04. The molecule has 21 heavy (non-hydrogen) atoms. The van der Waals surface area contributed by atoms with Crippen LogP contribution in [0.1, 0.15) is 20.4 Å². The van der Waals surface area contributed by atoms with Crippen molar-refractivity contribution in [3.05, 3.63) is 33.4 Å². The van der Waals surface area contributed by atoms with E-state index < -0.39 is 5.97 Å². The Hall–Kier alpha value is -2.06. The first-order chi connectivity index (χ1) is 10.1. The van der Waals surface area contributed by atoms with Crippen molar-refractivity contribution < 1.29 is 9.90 Å². The number of aromatic carboxylic acids is 1. The highest BCUT2D eigenvalue weighted by Crippen LogP contribution is 2.27. The molecule has 8 heteroatoms. The van der Waals surface area contributed by atoms with Crippen molar-refractivity contribution in [1.29, 1.82) is 0 Å². The fraction of sp³-hybridized carbons (Fsp3) is 0.231. The van der Waals surface area contributed by atoms with Gasteiger partial charge in [-0.1, -0.05) is 0 Å². The number of thiophene rings is 1. The number of nitrogens with one attached hydrogen (secondary N) is 1. The topological polar surface area (TPSA) is 88.0 Å². The van der Waals surface area contributed by atoms with Crippen LogP contribution in [0, 0.1) is 6.92 Å². The Bertz CT molecular complexity index is 796. The average molecular weight is 320 g/mol. The van der Waals surface area contributed by atoms with Crippen LogP contribution < -0.4 is 5.32 Å². The second-order valence-corrected chi connectivity index (χ2v) is 6.58. The van der Waals surface area contributed by atoms with Crippen LogP contribution in [-0.2, 0) is 6.42 Å². The van der Waals surface area contributed by atoms with E-state index in [1.165, 1.54) is 16.2 Å². The van der Waals surface area contributed by atoms with E-state index in [4.69, 9.17) is 5.11 Å². The first kappa shape index (κ1) is 13.9. The summed E-state index contributed by atoms with van der Waals surface area (Å²) in [6.07, 6.45) is 2.21.